The van der Waals surface area contributed by atoms with Crippen LogP contribution in [0.25, 0.3) is 0 Å². The summed E-state index contributed by atoms with van der Waals surface area (Å²) in [7, 11) is 0. The van der Waals surface area contributed by atoms with E-state index >= 15 is 0 Å². The number of H-pyrrole nitrogens is 2. The molecule has 2 heterocycles. The fourth-order valence-electron chi connectivity index (χ4n) is 3.82. The highest BCUT2D eigenvalue weighted by Gasteiger charge is 2.22. The van der Waals surface area contributed by atoms with Gasteiger partial charge in [-0.1, -0.05) is 0 Å². The predicted molar refractivity (Wildman–Crippen MR) is 86.1 cm³/mol. The molecule has 1 atom stereocenters. The molecular formula is C17H23N5O. The molecule has 2 aromatic rings. The first-order valence-corrected chi connectivity index (χ1v) is 8.65. The Bertz CT molecular complexity index is 702. The van der Waals surface area contributed by atoms with Crippen molar-refractivity contribution in [2.75, 3.05) is 0 Å². The zero-order valence-electron chi connectivity index (χ0n) is 13.3. The second kappa shape index (κ2) is 6.18. The maximum atomic E-state index is 12.2. The molecule has 0 radical (unpaired) electrons. The van der Waals surface area contributed by atoms with Crippen LogP contribution < -0.4 is 5.32 Å². The van der Waals surface area contributed by atoms with E-state index in [-0.39, 0.29) is 11.9 Å². The summed E-state index contributed by atoms with van der Waals surface area (Å²) in [4.78, 5) is 12.2. The Labute approximate surface area is 135 Å². The Kier molecular flexibility index (Phi) is 3.89. The maximum Gasteiger partial charge on any atom is 0.220 e. The van der Waals surface area contributed by atoms with Crippen LogP contribution >= 0.6 is 0 Å². The fourth-order valence-corrected chi connectivity index (χ4v) is 3.82. The van der Waals surface area contributed by atoms with E-state index in [1.165, 1.54) is 35.4 Å². The lowest BCUT2D eigenvalue weighted by Gasteiger charge is -2.22. The van der Waals surface area contributed by atoms with Crippen molar-refractivity contribution in [3.8, 4) is 0 Å². The molecule has 0 unspecified atom stereocenters. The van der Waals surface area contributed by atoms with Crippen LogP contribution in [-0.2, 0) is 36.9 Å². The second-order valence-corrected chi connectivity index (χ2v) is 6.72. The van der Waals surface area contributed by atoms with Gasteiger partial charge in [-0.25, -0.2) is 0 Å². The Hall–Kier alpha value is -2.11. The van der Waals surface area contributed by atoms with Crippen molar-refractivity contribution < 1.29 is 4.79 Å². The van der Waals surface area contributed by atoms with Gasteiger partial charge in [0.25, 0.3) is 0 Å². The van der Waals surface area contributed by atoms with E-state index in [0.717, 1.165) is 44.2 Å². The van der Waals surface area contributed by atoms with Crippen molar-refractivity contribution in [1.29, 1.82) is 0 Å². The minimum absolute atomic E-state index is 0.130. The summed E-state index contributed by atoms with van der Waals surface area (Å²) in [5, 5.41) is 17.8. The number of rotatable bonds is 4. The Morgan fingerprint density at radius 3 is 3.09 bits per heavy atom. The number of nitrogens with zero attached hydrogens (tertiary/aromatic N) is 2. The number of carbonyl (C=O) groups excluding carboxylic acids is 1. The van der Waals surface area contributed by atoms with Gasteiger partial charge in [0.1, 0.15) is 0 Å². The number of carbonyl (C=O) groups is 1. The van der Waals surface area contributed by atoms with Gasteiger partial charge in [-0.15, -0.1) is 0 Å². The van der Waals surface area contributed by atoms with Gasteiger partial charge in [0.15, 0.2) is 0 Å². The third-order valence-electron chi connectivity index (χ3n) is 5.12. The lowest BCUT2D eigenvalue weighted by atomic mass is 9.93. The van der Waals surface area contributed by atoms with E-state index in [9.17, 15) is 4.79 Å². The van der Waals surface area contributed by atoms with Crippen LogP contribution in [0.5, 0.6) is 0 Å². The lowest BCUT2D eigenvalue weighted by Crippen LogP contribution is -2.38. The van der Waals surface area contributed by atoms with E-state index < -0.39 is 0 Å². The molecular weight excluding hydrogens is 290 g/mol. The number of aromatic nitrogens is 4. The van der Waals surface area contributed by atoms with Crippen LogP contribution in [0.4, 0.5) is 0 Å². The molecule has 0 fully saturated rings. The predicted octanol–water partition coefficient (Wildman–Crippen LogP) is 1.62. The molecule has 2 aliphatic rings. The van der Waals surface area contributed by atoms with Crippen LogP contribution in [0, 0.1) is 0 Å². The Balaban J connectivity index is 1.30. The summed E-state index contributed by atoms with van der Waals surface area (Å²) in [6.45, 7) is 0. The average molecular weight is 313 g/mol. The van der Waals surface area contributed by atoms with Crippen molar-refractivity contribution in [2.24, 2.45) is 0 Å². The van der Waals surface area contributed by atoms with Gasteiger partial charge >= 0.3 is 0 Å². The lowest BCUT2D eigenvalue weighted by molar-refractivity contribution is -0.121. The molecule has 122 valence electrons. The number of amides is 1. The van der Waals surface area contributed by atoms with Crippen molar-refractivity contribution >= 4 is 5.91 Å². The molecule has 0 bridgehead atoms. The molecule has 0 aliphatic heterocycles. The van der Waals surface area contributed by atoms with Crippen LogP contribution in [0.15, 0.2) is 6.20 Å². The molecule has 0 spiro atoms. The van der Waals surface area contributed by atoms with Gasteiger partial charge < -0.3 is 5.32 Å². The van der Waals surface area contributed by atoms with E-state index in [0.29, 0.717) is 6.42 Å². The summed E-state index contributed by atoms with van der Waals surface area (Å²) in [6, 6.07) is 0.226. The van der Waals surface area contributed by atoms with E-state index in [1.54, 1.807) is 0 Å². The van der Waals surface area contributed by atoms with E-state index in [2.05, 4.69) is 25.7 Å². The summed E-state index contributed by atoms with van der Waals surface area (Å²) in [5.41, 5.74) is 6.20. The van der Waals surface area contributed by atoms with E-state index in [1.807, 2.05) is 6.20 Å². The largest absolute Gasteiger partial charge is 0.353 e. The number of nitrogens with one attached hydrogen (secondary N) is 3. The van der Waals surface area contributed by atoms with Gasteiger partial charge in [0, 0.05) is 36.7 Å². The molecule has 23 heavy (non-hydrogen) atoms. The molecule has 0 saturated heterocycles. The second-order valence-electron chi connectivity index (χ2n) is 6.72. The van der Waals surface area contributed by atoms with Crippen molar-refractivity contribution in [3.05, 3.63) is 34.4 Å². The SMILES string of the molecule is O=C(CCc1n[nH]c2c1CCCC2)N[C@H]1CCc2cn[nH]c2C1. The molecule has 2 aromatic heterocycles. The zero-order valence-corrected chi connectivity index (χ0v) is 13.3. The third kappa shape index (κ3) is 3.02. The van der Waals surface area contributed by atoms with Crippen LogP contribution in [0.1, 0.15) is 53.9 Å². The summed E-state index contributed by atoms with van der Waals surface area (Å²) in [5.74, 6) is 0.130. The van der Waals surface area contributed by atoms with Crippen LogP contribution in [-0.4, -0.2) is 32.3 Å². The molecule has 6 nitrogen and oxygen atoms in total. The molecule has 3 N–H and O–H groups in total. The molecule has 1 amide bonds. The normalized spacial score (nSPS) is 19.9. The monoisotopic (exact) mass is 313 g/mol. The van der Waals surface area contributed by atoms with E-state index in [4.69, 9.17) is 0 Å². The van der Waals surface area contributed by atoms with Crippen molar-refractivity contribution in [1.82, 2.24) is 25.7 Å². The first-order valence-electron chi connectivity index (χ1n) is 8.65. The van der Waals surface area contributed by atoms with Gasteiger partial charge in [-0.3, -0.25) is 15.0 Å². The maximum absolute atomic E-state index is 12.2. The zero-order chi connectivity index (χ0) is 15.6. The molecule has 0 aromatic carbocycles. The Morgan fingerprint density at radius 2 is 2.13 bits per heavy atom. The highest BCUT2D eigenvalue weighted by atomic mass is 16.1. The summed E-state index contributed by atoms with van der Waals surface area (Å²) < 4.78 is 0. The van der Waals surface area contributed by atoms with Gasteiger partial charge in [-0.05, 0) is 49.7 Å². The molecule has 0 saturated carbocycles. The number of aromatic amines is 2. The summed E-state index contributed by atoms with van der Waals surface area (Å²) >= 11 is 0. The van der Waals surface area contributed by atoms with Crippen LogP contribution in [0.3, 0.4) is 0 Å². The Morgan fingerprint density at radius 1 is 1.22 bits per heavy atom. The highest BCUT2D eigenvalue weighted by molar-refractivity contribution is 5.76. The third-order valence-corrected chi connectivity index (χ3v) is 5.12. The van der Waals surface area contributed by atoms with Gasteiger partial charge in [-0.2, -0.15) is 10.2 Å². The highest BCUT2D eigenvalue weighted by Crippen LogP contribution is 2.23. The van der Waals surface area contributed by atoms with Crippen molar-refractivity contribution in [2.45, 2.75) is 63.8 Å². The molecule has 4 rings (SSSR count). The molecule has 6 heteroatoms. The fraction of sp³-hybridized carbons (Fsp3) is 0.588. The average Bonchev–Trinajstić information content (AvgIpc) is 3.19. The number of hydrogen-bond donors (Lipinski definition) is 3. The minimum atomic E-state index is 0.130. The number of aryl methyl sites for hydroxylation is 3. The topological polar surface area (TPSA) is 86.5 Å². The first-order chi connectivity index (χ1) is 11.3. The summed E-state index contributed by atoms with van der Waals surface area (Å²) in [6.07, 6.45) is 10.7. The quantitative estimate of drug-likeness (QED) is 0.801. The number of hydrogen-bond acceptors (Lipinski definition) is 3. The minimum Gasteiger partial charge on any atom is -0.353 e. The van der Waals surface area contributed by atoms with Crippen molar-refractivity contribution in [3.63, 3.8) is 0 Å². The molecule has 2 aliphatic carbocycles. The van der Waals surface area contributed by atoms with Gasteiger partial charge in [0.05, 0.1) is 11.9 Å². The first kappa shape index (κ1) is 14.5. The number of fused-ring (bicyclic) bond motifs is 2. The standard InChI is InChI=1S/C17H23N5O/c23-17(19-12-6-5-11-10-18-20-16(11)9-12)8-7-15-13-3-1-2-4-14(13)21-22-15/h10,12H,1-9H2,(H,18,20)(H,19,23)(H,21,22)/t12-/m0/s1. The van der Waals surface area contributed by atoms with Gasteiger partial charge in [0.2, 0.25) is 5.91 Å². The van der Waals surface area contributed by atoms with Crippen LogP contribution in [0.2, 0.25) is 0 Å². The smallest absolute Gasteiger partial charge is 0.220 e.